The topological polar surface area (TPSA) is 219 Å². The number of Topliss-reactive ketones (excluding diaryl/α,β-unsaturated/α-hetero) is 1. The Morgan fingerprint density at radius 1 is 0.951 bits per heavy atom. The Kier molecular flexibility index (Phi) is 14.6. The van der Waals surface area contributed by atoms with Crippen LogP contribution in [0.25, 0.3) is 10.8 Å². The lowest BCUT2D eigenvalue weighted by molar-refractivity contribution is -0.160. The Bertz CT molecular complexity index is 2270. The molecule has 61 heavy (non-hydrogen) atoms. The molecule has 3 aliphatic heterocycles. The number of fused-ring (bicyclic) bond motifs is 14. The molecule has 3 heterocycles. The molecule has 0 aliphatic carbocycles. The molecule has 0 saturated heterocycles. The number of amides is 2. The van der Waals surface area contributed by atoms with Crippen molar-refractivity contribution in [3.63, 3.8) is 0 Å². The first-order valence-corrected chi connectivity index (χ1v) is 20.5. The summed E-state index contributed by atoms with van der Waals surface area (Å²) in [7, 11) is 1.43. The van der Waals surface area contributed by atoms with Gasteiger partial charge in [0.05, 0.1) is 41.2 Å². The number of esters is 1. The lowest BCUT2D eigenvalue weighted by Crippen LogP contribution is -2.46. The molecule has 3 aromatic carbocycles. The molecule has 328 valence electrons. The summed E-state index contributed by atoms with van der Waals surface area (Å²) in [6, 6.07) is 8.06. The Hall–Kier alpha value is -5.42. The van der Waals surface area contributed by atoms with E-state index in [9.17, 15) is 39.6 Å². The molecule has 2 amide bonds. The summed E-state index contributed by atoms with van der Waals surface area (Å²) in [4.78, 5) is 53.6. The molecule has 0 spiro atoms. The number of carbonyl (C=O) groups excluding carboxylic acids is 4. The van der Waals surface area contributed by atoms with Gasteiger partial charge in [-0.15, -0.1) is 0 Å². The Labute approximate surface area is 362 Å². The summed E-state index contributed by atoms with van der Waals surface area (Å²) in [5.41, 5.74) is 0.373. The van der Waals surface area contributed by atoms with E-state index in [2.05, 4.69) is 26.6 Å². The zero-order chi connectivity index (χ0) is 45.1. The Morgan fingerprint density at radius 2 is 1.62 bits per heavy atom. The highest BCUT2D eigenvalue weighted by Crippen LogP contribution is 2.54. The molecule has 16 heteroatoms. The van der Waals surface area contributed by atoms with E-state index >= 15 is 0 Å². The fraction of sp³-hybridized carbons (Fsp3) is 0.422. The number of methoxy groups -OCH3 is 1. The molecule has 3 aromatic rings. The molecule has 0 radical (unpaired) electrons. The highest BCUT2D eigenvalue weighted by Gasteiger charge is 2.49. The van der Waals surface area contributed by atoms with Crippen LogP contribution in [0.5, 0.6) is 23.0 Å². The van der Waals surface area contributed by atoms with E-state index in [0.717, 1.165) is 4.47 Å². The van der Waals surface area contributed by atoms with Crippen LogP contribution in [0.3, 0.4) is 0 Å². The van der Waals surface area contributed by atoms with E-state index in [4.69, 9.17) is 23.7 Å². The number of anilines is 2. The monoisotopic (exact) mass is 908 g/mol. The second-order valence-electron chi connectivity index (χ2n) is 15.7. The maximum atomic E-state index is 14.5. The number of hydrogen-bond donors (Lipinski definition) is 6. The van der Waals surface area contributed by atoms with E-state index < -0.39 is 95.5 Å². The number of aliphatic hydroxyl groups is 2. The largest absolute Gasteiger partial charge is 0.507 e. The molecular formula is C45H53BrN2O13. The number of aliphatic hydroxyl groups excluding tert-OH is 2. The van der Waals surface area contributed by atoms with E-state index in [0.29, 0.717) is 5.69 Å². The van der Waals surface area contributed by atoms with Gasteiger partial charge in [0.25, 0.3) is 17.6 Å². The molecule has 6 rings (SSSR count). The van der Waals surface area contributed by atoms with Crippen LogP contribution in [-0.2, 0) is 28.6 Å². The molecule has 0 fully saturated rings. The van der Waals surface area contributed by atoms with Gasteiger partial charge in [-0.05, 0) is 44.2 Å². The van der Waals surface area contributed by atoms with Crippen LogP contribution in [0, 0.1) is 30.6 Å². The van der Waals surface area contributed by atoms with Gasteiger partial charge in [0, 0.05) is 77.4 Å². The fourth-order valence-electron chi connectivity index (χ4n) is 7.62. The number of phenolic OH excluding ortho intramolecular Hbond substituents is 2. The van der Waals surface area contributed by atoms with Crippen LogP contribution in [0.1, 0.15) is 64.4 Å². The Balaban J connectivity index is 1.65. The molecular weight excluding hydrogens is 856 g/mol. The quantitative estimate of drug-likeness (QED) is 0.111. The normalized spacial score (nSPS) is 29.1. The number of rotatable bonds is 6. The first kappa shape index (κ1) is 46.6. The van der Waals surface area contributed by atoms with Crippen molar-refractivity contribution in [1.29, 1.82) is 0 Å². The molecule has 5 bridgehead atoms. The maximum absolute atomic E-state index is 14.5. The first-order chi connectivity index (χ1) is 28.7. The van der Waals surface area contributed by atoms with Gasteiger partial charge in [0.15, 0.2) is 12.4 Å². The second-order valence-corrected chi connectivity index (χ2v) is 16.7. The van der Waals surface area contributed by atoms with Gasteiger partial charge in [-0.25, -0.2) is 0 Å². The predicted molar refractivity (Wildman–Crippen MR) is 230 cm³/mol. The van der Waals surface area contributed by atoms with Crippen LogP contribution in [0.4, 0.5) is 11.4 Å². The van der Waals surface area contributed by atoms with Gasteiger partial charge in [0.2, 0.25) is 0 Å². The number of ether oxygens (including phenoxy) is 5. The van der Waals surface area contributed by atoms with Crippen molar-refractivity contribution in [1.82, 2.24) is 0 Å². The summed E-state index contributed by atoms with van der Waals surface area (Å²) in [5, 5.41) is 51.1. The minimum Gasteiger partial charge on any atom is -0.507 e. The van der Waals surface area contributed by atoms with E-state index in [1.165, 1.54) is 59.3 Å². The van der Waals surface area contributed by atoms with Gasteiger partial charge in [-0.3, -0.25) is 19.2 Å². The van der Waals surface area contributed by atoms with Gasteiger partial charge in [0.1, 0.15) is 23.4 Å². The SMILES string of the molecule is COC1/C=C/OC2(C)Oc3c(C)c(O)c4c(O)c(cc(OCC(=O)Nc5ccc(Br)cc5)c4c3C2=O)NC(=O)/C(C)=C\C=C\C(C)C(O)C(C)C(O)C(C)C(OC(C)=O)C1C. The summed E-state index contributed by atoms with van der Waals surface area (Å²) in [6.45, 7) is 11.9. The third kappa shape index (κ3) is 9.88. The zero-order valence-electron chi connectivity index (χ0n) is 35.4. The van der Waals surface area contributed by atoms with Crippen LogP contribution in [0.15, 0.2) is 70.9 Å². The summed E-state index contributed by atoms with van der Waals surface area (Å²) in [5.74, 6) is -8.47. The van der Waals surface area contributed by atoms with Crippen LogP contribution in [0.2, 0.25) is 0 Å². The van der Waals surface area contributed by atoms with Crippen LogP contribution >= 0.6 is 15.9 Å². The highest BCUT2D eigenvalue weighted by molar-refractivity contribution is 9.10. The maximum Gasteiger partial charge on any atom is 0.312 e. The number of allylic oxidation sites excluding steroid dienone is 2. The average Bonchev–Trinajstić information content (AvgIpc) is 3.48. The number of carbonyl (C=O) groups is 4. The molecule has 15 nitrogen and oxygen atoms in total. The number of phenols is 2. The third-order valence-corrected chi connectivity index (χ3v) is 11.8. The minimum absolute atomic E-state index is 0.0577. The van der Waals surface area contributed by atoms with Crippen molar-refractivity contribution in [2.24, 2.45) is 23.7 Å². The number of halogens is 1. The lowest BCUT2D eigenvalue weighted by Gasteiger charge is -2.38. The fourth-order valence-corrected chi connectivity index (χ4v) is 7.89. The number of ketones is 1. The van der Waals surface area contributed by atoms with Gasteiger partial charge in [-0.2, -0.15) is 0 Å². The highest BCUT2D eigenvalue weighted by atomic mass is 79.9. The van der Waals surface area contributed by atoms with Crippen LogP contribution < -0.4 is 20.1 Å². The van der Waals surface area contributed by atoms with Crippen molar-refractivity contribution in [2.45, 2.75) is 85.6 Å². The first-order valence-electron chi connectivity index (χ1n) is 19.7. The number of hydrogen-bond acceptors (Lipinski definition) is 13. The number of nitrogens with one attached hydrogen (secondary N) is 2. The smallest absolute Gasteiger partial charge is 0.312 e. The van der Waals surface area contributed by atoms with E-state index in [-0.39, 0.29) is 44.7 Å². The zero-order valence-corrected chi connectivity index (χ0v) is 37.0. The standard InChI is InChI=1S/C45H53BrN2O13/c1-21-11-10-12-22(2)44(56)48-30-19-32(58-20-33(50)47-29-15-13-28(46)14-16-29)34-35(40(30)54)39(53)26(6)42-36(34)43(55)45(8,61-42)59-18-17-31(57-9)23(3)41(60-27(7)49)25(5)38(52)24(4)37(21)51/h10-19,21,23-25,31,37-38,41,51-54H,20H2,1-9H3,(H,47,50)(H,48,56)/b11-10+,18-17+,22-12-. The van der Waals surface area contributed by atoms with Gasteiger partial charge < -0.3 is 54.7 Å². The summed E-state index contributed by atoms with van der Waals surface area (Å²) >= 11 is 3.35. The average molecular weight is 910 g/mol. The molecule has 0 saturated carbocycles. The summed E-state index contributed by atoms with van der Waals surface area (Å²) < 4.78 is 30.5. The summed E-state index contributed by atoms with van der Waals surface area (Å²) in [6.07, 6.45) is 3.51. The van der Waals surface area contributed by atoms with Crippen molar-refractivity contribution in [2.75, 3.05) is 24.4 Å². The lowest BCUT2D eigenvalue weighted by atomic mass is 9.78. The van der Waals surface area contributed by atoms with Gasteiger partial charge in [-0.1, -0.05) is 61.9 Å². The molecule has 6 N–H and O–H groups in total. The van der Waals surface area contributed by atoms with E-state index in [1.807, 2.05) is 0 Å². The number of aromatic hydroxyl groups is 2. The van der Waals surface area contributed by atoms with Crippen molar-refractivity contribution in [3.8, 4) is 23.0 Å². The Morgan fingerprint density at radius 3 is 2.26 bits per heavy atom. The van der Waals surface area contributed by atoms with Gasteiger partial charge >= 0.3 is 11.8 Å². The molecule has 0 aromatic heterocycles. The molecule has 9 atom stereocenters. The van der Waals surface area contributed by atoms with Crippen molar-refractivity contribution in [3.05, 3.63) is 82.1 Å². The molecule has 9 unspecified atom stereocenters. The van der Waals surface area contributed by atoms with Crippen molar-refractivity contribution < 1.29 is 63.3 Å². The molecule has 3 aliphatic rings. The van der Waals surface area contributed by atoms with Crippen molar-refractivity contribution >= 4 is 61.6 Å². The van der Waals surface area contributed by atoms with Crippen LogP contribution in [-0.4, -0.2) is 87.9 Å². The minimum atomic E-state index is -2.05. The number of benzene rings is 3. The third-order valence-electron chi connectivity index (χ3n) is 11.3. The predicted octanol–water partition coefficient (Wildman–Crippen LogP) is 6.83. The second kappa shape index (κ2) is 19.1. The van der Waals surface area contributed by atoms with E-state index in [1.54, 1.807) is 64.1 Å².